The summed E-state index contributed by atoms with van der Waals surface area (Å²) < 4.78 is 5.10. The number of benzene rings is 1. The second-order valence-corrected chi connectivity index (χ2v) is 2.85. The molecule has 0 unspecified atom stereocenters. The lowest BCUT2D eigenvalue weighted by Gasteiger charge is -2.10. The molecule has 0 heterocycles. The number of methoxy groups -OCH3 is 1. The highest BCUT2D eigenvalue weighted by Gasteiger charge is 2.04. The van der Waals surface area contributed by atoms with Gasteiger partial charge in [-0.3, -0.25) is 4.79 Å². The largest absolute Gasteiger partial charge is 0.495 e. The van der Waals surface area contributed by atoms with Crippen molar-refractivity contribution in [3.05, 3.63) is 18.2 Å². The molecule has 1 aromatic carbocycles. The van der Waals surface area contributed by atoms with Crippen molar-refractivity contribution in [2.45, 2.75) is 6.92 Å². The third kappa shape index (κ3) is 2.39. The molecule has 0 aromatic heterocycles. The van der Waals surface area contributed by atoms with Crippen molar-refractivity contribution in [3.8, 4) is 5.75 Å². The van der Waals surface area contributed by atoms with Gasteiger partial charge in [0, 0.05) is 19.7 Å². The van der Waals surface area contributed by atoms with Gasteiger partial charge in [0.05, 0.1) is 12.8 Å². The summed E-state index contributed by atoms with van der Waals surface area (Å²) in [5.74, 6) is 0.538. The monoisotopic (exact) mass is 194 g/mol. The maximum Gasteiger partial charge on any atom is 0.221 e. The predicted molar refractivity (Wildman–Crippen MR) is 56.8 cm³/mol. The van der Waals surface area contributed by atoms with Crippen molar-refractivity contribution >= 4 is 17.3 Å². The number of nitrogens with one attached hydrogen (secondary N) is 2. The molecule has 0 spiro atoms. The lowest BCUT2D eigenvalue weighted by molar-refractivity contribution is -0.114. The predicted octanol–water partition coefficient (Wildman–Crippen LogP) is 1.70. The highest BCUT2D eigenvalue weighted by Crippen LogP contribution is 2.27. The van der Waals surface area contributed by atoms with Crippen LogP contribution in [0.1, 0.15) is 6.92 Å². The van der Waals surface area contributed by atoms with E-state index in [0.717, 1.165) is 5.69 Å². The number of ether oxygens (including phenoxy) is 1. The summed E-state index contributed by atoms with van der Waals surface area (Å²) in [6.45, 7) is 1.46. The zero-order valence-corrected chi connectivity index (χ0v) is 8.55. The van der Waals surface area contributed by atoms with Crippen LogP contribution in [0.5, 0.6) is 5.75 Å². The van der Waals surface area contributed by atoms with Gasteiger partial charge in [0.2, 0.25) is 5.91 Å². The molecule has 0 bridgehead atoms. The van der Waals surface area contributed by atoms with Gasteiger partial charge in [-0.2, -0.15) is 0 Å². The van der Waals surface area contributed by atoms with Crippen LogP contribution in [0.15, 0.2) is 18.2 Å². The van der Waals surface area contributed by atoms with Crippen molar-refractivity contribution in [2.75, 3.05) is 24.8 Å². The summed E-state index contributed by atoms with van der Waals surface area (Å²) in [7, 11) is 3.39. The quantitative estimate of drug-likeness (QED) is 0.770. The molecule has 0 fully saturated rings. The molecule has 0 saturated heterocycles. The van der Waals surface area contributed by atoms with Gasteiger partial charge in [-0.15, -0.1) is 0 Å². The van der Waals surface area contributed by atoms with Gasteiger partial charge in [0.25, 0.3) is 0 Å². The Hall–Kier alpha value is -1.71. The van der Waals surface area contributed by atoms with Crippen LogP contribution in [-0.4, -0.2) is 20.1 Å². The standard InChI is InChI=1S/C10H14N2O2/c1-7(13)12-9-6-8(11-2)4-5-10(9)14-3/h4-6,11H,1-3H3,(H,12,13). The second-order valence-electron chi connectivity index (χ2n) is 2.85. The lowest BCUT2D eigenvalue weighted by atomic mass is 10.2. The summed E-state index contributed by atoms with van der Waals surface area (Å²) in [5, 5.41) is 5.68. The third-order valence-corrected chi connectivity index (χ3v) is 1.80. The molecule has 1 rings (SSSR count). The van der Waals surface area contributed by atoms with Crippen LogP contribution >= 0.6 is 0 Å². The van der Waals surface area contributed by atoms with Gasteiger partial charge in [-0.05, 0) is 18.2 Å². The Labute approximate surface area is 83.3 Å². The van der Waals surface area contributed by atoms with E-state index in [1.807, 2.05) is 19.2 Å². The first-order valence-electron chi connectivity index (χ1n) is 4.30. The van der Waals surface area contributed by atoms with E-state index in [9.17, 15) is 4.79 Å². The van der Waals surface area contributed by atoms with E-state index in [1.165, 1.54) is 6.92 Å². The van der Waals surface area contributed by atoms with Crippen LogP contribution < -0.4 is 15.4 Å². The van der Waals surface area contributed by atoms with Gasteiger partial charge >= 0.3 is 0 Å². The molecule has 2 N–H and O–H groups in total. The van der Waals surface area contributed by atoms with Crippen molar-refractivity contribution in [1.29, 1.82) is 0 Å². The zero-order chi connectivity index (χ0) is 10.6. The number of anilines is 2. The molecule has 0 radical (unpaired) electrons. The average Bonchev–Trinajstić information content (AvgIpc) is 2.16. The summed E-state index contributed by atoms with van der Waals surface area (Å²) in [5.41, 5.74) is 1.60. The van der Waals surface area contributed by atoms with Crippen LogP contribution in [0.4, 0.5) is 11.4 Å². The van der Waals surface area contributed by atoms with E-state index in [-0.39, 0.29) is 5.91 Å². The Morgan fingerprint density at radius 2 is 2.14 bits per heavy atom. The number of carbonyl (C=O) groups excluding carboxylic acids is 1. The fourth-order valence-corrected chi connectivity index (χ4v) is 1.15. The minimum Gasteiger partial charge on any atom is -0.495 e. The van der Waals surface area contributed by atoms with Gasteiger partial charge in [-0.1, -0.05) is 0 Å². The van der Waals surface area contributed by atoms with Gasteiger partial charge in [0.1, 0.15) is 5.75 Å². The van der Waals surface area contributed by atoms with E-state index >= 15 is 0 Å². The van der Waals surface area contributed by atoms with Crippen molar-refractivity contribution in [2.24, 2.45) is 0 Å². The maximum absolute atomic E-state index is 10.9. The fraction of sp³-hybridized carbons (Fsp3) is 0.300. The number of amides is 1. The van der Waals surface area contributed by atoms with E-state index in [2.05, 4.69) is 10.6 Å². The Bertz CT molecular complexity index is 337. The highest BCUT2D eigenvalue weighted by atomic mass is 16.5. The molecule has 76 valence electrons. The molecule has 1 aromatic rings. The Morgan fingerprint density at radius 1 is 1.43 bits per heavy atom. The summed E-state index contributed by atoms with van der Waals surface area (Å²) >= 11 is 0. The molecule has 0 aliphatic carbocycles. The molecule has 0 atom stereocenters. The number of hydrogen-bond donors (Lipinski definition) is 2. The number of rotatable bonds is 3. The van der Waals surface area contributed by atoms with E-state index < -0.39 is 0 Å². The van der Waals surface area contributed by atoms with Crippen LogP contribution in [0, 0.1) is 0 Å². The van der Waals surface area contributed by atoms with Crippen molar-refractivity contribution < 1.29 is 9.53 Å². The molecule has 0 aliphatic heterocycles. The number of hydrogen-bond acceptors (Lipinski definition) is 3. The Balaban J connectivity index is 3.01. The normalized spacial score (nSPS) is 9.36. The molecule has 0 saturated carbocycles. The highest BCUT2D eigenvalue weighted by molar-refractivity contribution is 5.91. The summed E-state index contributed by atoms with van der Waals surface area (Å²) in [4.78, 5) is 10.9. The zero-order valence-electron chi connectivity index (χ0n) is 8.55. The molecule has 4 nitrogen and oxygen atoms in total. The maximum atomic E-state index is 10.9. The van der Waals surface area contributed by atoms with Crippen LogP contribution in [0.25, 0.3) is 0 Å². The van der Waals surface area contributed by atoms with E-state index in [0.29, 0.717) is 11.4 Å². The molecule has 1 amide bonds. The van der Waals surface area contributed by atoms with E-state index in [1.54, 1.807) is 13.2 Å². The molecule has 14 heavy (non-hydrogen) atoms. The van der Waals surface area contributed by atoms with Gasteiger partial charge in [0.15, 0.2) is 0 Å². The average molecular weight is 194 g/mol. The van der Waals surface area contributed by atoms with Crippen molar-refractivity contribution in [1.82, 2.24) is 0 Å². The Morgan fingerprint density at radius 3 is 2.64 bits per heavy atom. The third-order valence-electron chi connectivity index (χ3n) is 1.80. The van der Waals surface area contributed by atoms with Crippen molar-refractivity contribution in [3.63, 3.8) is 0 Å². The molecular weight excluding hydrogens is 180 g/mol. The number of carbonyl (C=O) groups is 1. The fourth-order valence-electron chi connectivity index (χ4n) is 1.15. The molecular formula is C10H14N2O2. The van der Waals surface area contributed by atoms with Crippen LogP contribution in [0.2, 0.25) is 0 Å². The first-order valence-corrected chi connectivity index (χ1v) is 4.30. The Kier molecular flexibility index (Phi) is 3.34. The van der Waals surface area contributed by atoms with Gasteiger partial charge in [-0.25, -0.2) is 0 Å². The first-order chi connectivity index (χ1) is 6.67. The first kappa shape index (κ1) is 10.4. The van der Waals surface area contributed by atoms with Crippen LogP contribution in [-0.2, 0) is 4.79 Å². The van der Waals surface area contributed by atoms with Crippen LogP contribution in [0.3, 0.4) is 0 Å². The van der Waals surface area contributed by atoms with Gasteiger partial charge < -0.3 is 15.4 Å². The molecule has 0 aliphatic rings. The second kappa shape index (κ2) is 4.50. The van der Waals surface area contributed by atoms with E-state index in [4.69, 9.17) is 4.74 Å². The summed E-state index contributed by atoms with van der Waals surface area (Å²) in [6.07, 6.45) is 0. The molecule has 4 heteroatoms. The topological polar surface area (TPSA) is 50.4 Å². The minimum absolute atomic E-state index is 0.114. The summed E-state index contributed by atoms with van der Waals surface area (Å²) in [6, 6.07) is 5.50. The lowest BCUT2D eigenvalue weighted by Crippen LogP contribution is -2.07. The smallest absolute Gasteiger partial charge is 0.221 e. The SMILES string of the molecule is CNc1ccc(OC)c(NC(C)=O)c1. The minimum atomic E-state index is -0.114.